The number of aromatic nitrogens is 2. The van der Waals surface area contributed by atoms with Gasteiger partial charge in [0.05, 0.1) is 23.2 Å². The second kappa shape index (κ2) is 10.8. The van der Waals surface area contributed by atoms with Gasteiger partial charge in [0.2, 0.25) is 0 Å². The highest BCUT2D eigenvalue weighted by atomic mass is 16.2. The highest BCUT2D eigenvalue weighted by Crippen LogP contribution is 2.25. The summed E-state index contributed by atoms with van der Waals surface area (Å²) in [4.78, 5) is 37.6. The molecule has 2 amide bonds. The van der Waals surface area contributed by atoms with Crippen molar-refractivity contribution in [2.24, 2.45) is 5.10 Å². The number of fused-ring (bicyclic) bond motifs is 1. The first-order valence-electron chi connectivity index (χ1n) is 13.5. The van der Waals surface area contributed by atoms with E-state index in [0.29, 0.717) is 29.4 Å². The molecule has 0 radical (unpaired) electrons. The Hall–Kier alpha value is -3.98. The van der Waals surface area contributed by atoms with Gasteiger partial charge in [-0.05, 0) is 81.2 Å². The van der Waals surface area contributed by atoms with E-state index >= 15 is 0 Å². The molecule has 9 nitrogen and oxygen atoms in total. The fraction of sp³-hybridized carbons (Fsp3) is 0.379. The van der Waals surface area contributed by atoms with Crippen LogP contribution in [0, 0.1) is 0 Å². The van der Waals surface area contributed by atoms with Gasteiger partial charge in [-0.25, -0.2) is 0 Å². The van der Waals surface area contributed by atoms with E-state index in [-0.39, 0.29) is 11.8 Å². The van der Waals surface area contributed by atoms with E-state index in [2.05, 4.69) is 35.6 Å². The maximum absolute atomic E-state index is 13.2. The van der Waals surface area contributed by atoms with Crippen molar-refractivity contribution in [3.05, 3.63) is 71.2 Å². The van der Waals surface area contributed by atoms with Crippen molar-refractivity contribution in [1.29, 1.82) is 0 Å². The Morgan fingerprint density at radius 3 is 2.76 bits per heavy atom. The summed E-state index contributed by atoms with van der Waals surface area (Å²) in [5, 5.41) is 7.21. The number of H-pyrrole nitrogens is 1. The van der Waals surface area contributed by atoms with Crippen LogP contribution in [0.2, 0.25) is 0 Å². The van der Waals surface area contributed by atoms with E-state index in [9.17, 15) is 9.59 Å². The number of anilines is 1. The van der Waals surface area contributed by atoms with E-state index in [4.69, 9.17) is 0 Å². The van der Waals surface area contributed by atoms with Crippen LogP contribution in [-0.4, -0.2) is 76.6 Å². The van der Waals surface area contributed by atoms with E-state index < -0.39 is 0 Å². The molecular formula is C29H33N7O2. The third kappa shape index (κ3) is 5.19. The Balaban J connectivity index is 1.07. The molecule has 9 heteroatoms. The van der Waals surface area contributed by atoms with E-state index in [0.717, 1.165) is 68.1 Å². The Morgan fingerprint density at radius 2 is 1.95 bits per heavy atom. The van der Waals surface area contributed by atoms with Crippen molar-refractivity contribution >= 4 is 23.7 Å². The lowest BCUT2D eigenvalue weighted by Crippen LogP contribution is -2.42. The number of pyridine rings is 1. The molecule has 0 bridgehead atoms. The van der Waals surface area contributed by atoms with Crippen molar-refractivity contribution in [2.75, 3.05) is 38.1 Å². The third-order valence-electron chi connectivity index (χ3n) is 7.72. The van der Waals surface area contributed by atoms with E-state index in [1.54, 1.807) is 12.4 Å². The maximum Gasteiger partial charge on any atom is 0.254 e. The number of rotatable bonds is 7. The van der Waals surface area contributed by atoms with Gasteiger partial charge >= 0.3 is 0 Å². The quantitative estimate of drug-likeness (QED) is 0.333. The Bertz CT molecular complexity index is 1340. The lowest BCUT2D eigenvalue weighted by molar-refractivity contribution is 0.0708. The van der Waals surface area contributed by atoms with Crippen LogP contribution in [0.5, 0.6) is 0 Å². The fourth-order valence-corrected chi connectivity index (χ4v) is 5.72. The largest absolute Gasteiger partial charge is 0.358 e. The number of carbonyl (C=O) groups excluding carboxylic acids is 2. The SMILES string of the molecule is O=C1NCCc2[nH]c(-c3ccnc(C=NNc4ccc(C(=O)N5CCC[C@@H]5CN5CCCC5)cc4)c3)cc21. The van der Waals surface area contributed by atoms with Crippen LogP contribution < -0.4 is 10.7 Å². The van der Waals surface area contributed by atoms with Gasteiger partial charge in [0.1, 0.15) is 0 Å². The average molecular weight is 512 g/mol. The van der Waals surface area contributed by atoms with Gasteiger partial charge in [-0.3, -0.25) is 20.0 Å². The number of amides is 2. The number of benzene rings is 1. The van der Waals surface area contributed by atoms with Crippen LogP contribution in [0.25, 0.3) is 11.3 Å². The Kier molecular flexibility index (Phi) is 6.92. The highest BCUT2D eigenvalue weighted by Gasteiger charge is 2.31. The maximum atomic E-state index is 13.2. The van der Waals surface area contributed by atoms with E-state index in [1.165, 1.54) is 12.8 Å². The van der Waals surface area contributed by atoms with Crippen LogP contribution in [-0.2, 0) is 6.42 Å². The number of nitrogens with one attached hydrogen (secondary N) is 3. The molecule has 6 rings (SSSR count). The third-order valence-corrected chi connectivity index (χ3v) is 7.72. The van der Waals surface area contributed by atoms with Gasteiger partial charge < -0.3 is 20.1 Å². The minimum Gasteiger partial charge on any atom is -0.358 e. The summed E-state index contributed by atoms with van der Waals surface area (Å²) in [6, 6.07) is 13.5. The molecule has 0 saturated carbocycles. The molecule has 0 aliphatic carbocycles. The first-order valence-corrected chi connectivity index (χ1v) is 13.5. The molecule has 3 aromatic rings. The predicted octanol–water partition coefficient (Wildman–Crippen LogP) is 3.51. The van der Waals surface area contributed by atoms with Gasteiger partial charge in [0.15, 0.2) is 0 Å². The lowest BCUT2D eigenvalue weighted by atomic mass is 10.1. The summed E-state index contributed by atoms with van der Waals surface area (Å²) < 4.78 is 0. The van der Waals surface area contributed by atoms with Crippen molar-refractivity contribution in [3.8, 4) is 11.3 Å². The second-order valence-corrected chi connectivity index (χ2v) is 10.3. The normalized spacial score (nSPS) is 19.6. The molecule has 0 unspecified atom stereocenters. The topological polar surface area (TPSA) is 106 Å². The van der Waals surface area contributed by atoms with Crippen molar-refractivity contribution in [3.63, 3.8) is 0 Å². The van der Waals surface area contributed by atoms with Gasteiger partial charge in [-0.1, -0.05) is 0 Å². The summed E-state index contributed by atoms with van der Waals surface area (Å²) in [7, 11) is 0. The number of nitrogens with zero attached hydrogens (tertiary/aromatic N) is 4. The molecule has 2 fully saturated rings. The number of likely N-dealkylation sites (tertiary alicyclic amines) is 2. The number of hydrogen-bond acceptors (Lipinski definition) is 6. The van der Waals surface area contributed by atoms with Crippen LogP contribution in [0.15, 0.2) is 53.8 Å². The number of carbonyl (C=O) groups is 2. The first-order chi connectivity index (χ1) is 18.6. The number of aromatic amines is 1. The van der Waals surface area contributed by atoms with Gasteiger partial charge in [0, 0.05) is 60.8 Å². The zero-order valence-corrected chi connectivity index (χ0v) is 21.4. The smallest absolute Gasteiger partial charge is 0.254 e. The van der Waals surface area contributed by atoms with Crippen LogP contribution in [0.4, 0.5) is 5.69 Å². The van der Waals surface area contributed by atoms with Crippen molar-refractivity contribution in [1.82, 2.24) is 25.1 Å². The average Bonchev–Trinajstić information content (AvgIpc) is 3.71. The first kappa shape index (κ1) is 24.4. The molecule has 3 aliphatic rings. The Morgan fingerprint density at radius 1 is 1.11 bits per heavy atom. The highest BCUT2D eigenvalue weighted by molar-refractivity contribution is 5.98. The van der Waals surface area contributed by atoms with Gasteiger partial charge in [-0.15, -0.1) is 0 Å². The number of hydrogen-bond donors (Lipinski definition) is 3. The molecule has 2 aromatic heterocycles. The summed E-state index contributed by atoms with van der Waals surface area (Å²) >= 11 is 0. The molecule has 196 valence electrons. The summed E-state index contributed by atoms with van der Waals surface area (Å²) in [5.74, 6) is 0.0788. The molecule has 1 aromatic carbocycles. The van der Waals surface area contributed by atoms with E-state index in [1.807, 2.05) is 42.5 Å². The lowest BCUT2D eigenvalue weighted by Gasteiger charge is -2.28. The van der Waals surface area contributed by atoms with Crippen LogP contribution in [0.3, 0.4) is 0 Å². The van der Waals surface area contributed by atoms with Crippen molar-refractivity contribution < 1.29 is 9.59 Å². The standard InChI is InChI=1S/C29H33N7O2/c37-28-25-17-27(33-26(25)10-12-31-28)21-9-11-30-23(16-21)18-32-34-22-7-5-20(6-8-22)29(38)36-15-3-4-24(36)19-35-13-1-2-14-35/h5-9,11,16-18,24,33-34H,1-4,10,12-15,19H2,(H,31,37)/t24-/m1/s1. The summed E-state index contributed by atoms with van der Waals surface area (Å²) in [5.41, 5.74) is 8.72. The Labute approximate surface area is 222 Å². The molecular weight excluding hydrogens is 478 g/mol. The van der Waals surface area contributed by atoms with Crippen LogP contribution in [0.1, 0.15) is 57.8 Å². The fourth-order valence-electron chi connectivity index (χ4n) is 5.72. The zero-order valence-electron chi connectivity index (χ0n) is 21.4. The summed E-state index contributed by atoms with van der Waals surface area (Å²) in [6.07, 6.45) is 8.90. The summed E-state index contributed by atoms with van der Waals surface area (Å²) in [6.45, 7) is 4.80. The van der Waals surface area contributed by atoms with Gasteiger partial charge in [0.25, 0.3) is 11.8 Å². The van der Waals surface area contributed by atoms with Crippen molar-refractivity contribution in [2.45, 2.75) is 38.1 Å². The van der Waals surface area contributed by atoms with Gasteiger partial charge in [-0.2, -0.15) is 5.10 Å². The second-order valence-electron chi connectivity index (χ2n) is 10.3. The monoisotopic (exact) mass is 511 g/mol. The molecule has 5 heterocycles. The molecule has 0 spiro atoms. The molecule has 3 N–H and O–H groups in total. The minimum atomic E-state index is -0.0381. The van der Waals surface area contributed by atoms with Crippen LogP contribution >= 0.6 is 0 Å². The number of hydrazone groups is 1. The predicted molar refractivity (Wildman–Crippen MR) is 147 cm³/mol. The molecule has 1 atom stereocenters. The molecule has 3 aliphatic heterocycles. The molecule has 2 saturated heterocycles. The zero-order chi connectivity index (χ0) is 25.9. The minimum absolute atomic E-state index is 0.0381. The molecule has 38 heavy (non-hydrogen) atoms.